The highest BCUT2D eigenvalue weighted by Crippen LogP contribution is 2.25. The summed E-state index contributed by atoms with van der Waals surface area (Å²) in [5.74, 6) is 1.27. The van der Waals surface area contributed by atoms with Crippen LogP contribution in [-0.2, 0) is 12.5 Å². The Morgan fingerprint density at radius 2 is 2.19 bits per heavy atom. The first kappa shape index (κ1) is 11.9. The van der Waals surface area contributed by atoms with Crippen molar-refractivity contribution < 1.29 is 4.74 Å². The Bertz CT molecular complexity index is 475. The highest BCUT2D eigenvalue weighted by atomic mass is 79.9. The van der Waals surface area contributed by atoms with Crippen LogP contribution >= 0.6 is 38.9 Å². The molecule has 1 aromatic heterocycles. The van der Waals surface area contributed by atoms with E-state index >= 15 is 0 Å². The van der Waals surface area contributed by atoms with Gasteiger partial charge in [-0.15, -0.1) is 22.9 Å². The van der Waals surface area contributed by atoms with Gasteiger partial charge < -0.3 is 4.74 Å². The summed E-state index contributed by atoms with van der Waals surface area (Å²) in [5, 5.41) is 2.89. The van der Waals surface area contributed by atoms with Gasteiger partial charge in [-0.05, 0) is 28.1 Å². The average Bonchev–Trinajstić information content (AvgIpc) is 2.76. The van der Waals surface area contributed by atoms with E-state index in [1.54, 1.807) is 11.3 Å². The Balaban J connectivity index is 1.99. The summed E-state index contributed by atoms with van der Waals surface area (Å²) in [6.45, 7) is 0.476. The number of benzene rings is 1. The Labute approximate surface area is 111 Å². The fourth-order valence-electron chi connectivity index (χ4n) is 1.18. The van der Waals surface area contributed by atoms with Crippen LogP contribution in [0.4, 0.5) is 0 Å². The van der Waals surface area contributed by atoms with Crippen LogP contribution in [0, 0.1) is 0 Å². The summed E-state index contributed by atoms with van der Waals surface area (Å²) in [5.41, 5.74) is 0.900. The van der Waals surface area contributed by atoms with Crippen molar-refractivity contribution in [1.82, 2.24) is 4.98 Å². The van der Waals surface area contributed by atoms with Gasteiger partial charge in [0.05, 0.1) is 16.0 Å². The fraction of sp³-hybridized carbons (Fsp3) is 0.182. The standard InChI is InChI=1S/C11H9BrClNOS/c12-9-3-1-2-4-10(9)15-6-11-14-8(5-13)7-16-11/h1-4,7H,5-6H2. The van der Waals surface area contributed by atoms with Crippen LogP contribution in [-0.4, -0.2) is 4.98 Å². The van der Waals surface area contributed by atoms with E-state index in [1.165, 1.54) is 0 Å². The van der Waals surface area contributed by atoms with Crippen LogP contribution in [0.15, 0.2) is 34.1 Å². The molecule has 0 atom stereocenters. The Kier molecular flexibility index (Phi) is 4.21. The highest BCUT2D eigenvalue weighted by Gasteiger charge is 2.03. The molecule has 1 aromatic carbocycles. The van der Waals surface area contributed by atoms with Crippen molar-refractivity contribution in [2.45, 2.75) is 12.5 Å². The lowest BCUT2D eigenvalue weighted by Crippen LogP contribution is -1.95. The summed E-state index contributed by atoms with van der Waals surface area (Å²) >= 11 is 10.7. The number of ether oxygens (including phenoxy) is 1. The van der Waals surface area contributed by atoms with Gasteiger partial charge in [0.1, 0.15) is 17.4 Å². The number of halogens is 2. The van der Waals surface area contributed by atoms with E-state index in [-0.39, 0.29) is 0 Å². The van der Waals surface area contributed by atoms with Gasteiger partial charge in [0.15, 0.2) is 0 Å². The second-order valence-electron chi connectivity index (χ2n) is 3.09. The Hall–Kier alpha value is -0.580. The molecule has 0 radical (unpaired) electrons. The quantitative estimate of drug-likeness (QED) is 0.787. The van der Waals surface area contributed by atoms with Gasteiger partial charge in [0.25, 0.3) is 0 Å². The second kappa shape index (κ2) is 5.66. The molecular weight excluding hydrogens is 310 g/mol. The van der Waals surface area contributed by atoms with Crippen molar-refractivity contribution in [1.29, 1.82) is 0 Å². The molecule has 2 rings (SSSR count). The van der Waals surface area contributed by atoms with Crippen molar-refractivity contribution in [3.63, 3.8) is 0 Å². The van der Waals surface area contributed by atoms with Crippen LogP contribution in [0.5, 0.6) is 5.75 Å². The summed E-state index contributed by atoms with van der Waals surface area (Å²) in [6, 6.07) is 7.75. The molecule has 1 heterocycles. The lowest BCUT2D eigenvalue weighted by Gasteiger charge is -2.05. The zero-order valence-corrected chi connectivity index (χ0v) is 11.5. The Morgan fingerprint density at radius 1 is 1.38 bits per heavy atom. The molecule has 0 aliphatic rings. The molecule has 5 heteroatoms. The van der Waals surface area contributed by atoms with E-state index in [0.717, 1.165) is 20.9 Å². The summed E-state index contributed by atoms with van der Waals surface area (Å²) < 4.78 is 6.59. The van der Waals surface area contributed by atoms with Crippen LogP contribution in [0.1, 0.15) is 10.7 Å². The molecular formula is C11H9BrClNOS. The zero-order chi connectivity index (χ0) is 11.4. The molecule has 84 valence electrons. The minimum Gasteiger partial charge on any atom is -0.485 e. The normalized spacial score (nSPS) is 10.4. The van der Waals surface area contributed by atoms with E-state index < -0.39 is 0 Å². The predicted molar refractivity (Wildman–Crippen MR) is 70.1 cm³/mol. The fourth-order valence-corrected chi connectivity index (χ4v) is 2.51. The molecule has 0 aliphatic carbocycles. The van der Waals surface area contributed by atoms with Crippen molar-refractivity contribution in [2.75, 3.05) is 0 Å². The van der Waals surface area contributed by atoms with Gasteiger partial charge in [-0.25, -0.2) is 4.98 Å². The number of hydrogen-bond acceptors (Lipinski definition) is 3. The SMILES string of the molecule is ClCc1csc(COc2ccccc2Br)n1. The topological polar surface area (TPSA) is 22.1 Å². The number of nitrogens with zero attached hydrogens (tertiary/aromatic N) is 1. The number of aromatic nitrogens is 1. The maximum absolute atomic E-state index is 5.68. The van der Waals surface area contributed by atoms with Gasteiger partial charge in [0.2, 0.25) is 0 Å². The van der Waals surface area contributed by atoms with Gasteiger partial charge in [-0.2, -0.15) is 0 Å². The minimum atomic E-state index is 0.450. The Morgan fingerprint density at radius 3 is 2.88 bits per heavy atom. The number of rotatable bonds is 4. The van der Waals surface area contributed by atoms with Crippen LogP contribution < -0.4 is 4.74 Å². The monoisotopic (exact) mass is 317 g/mol. The third-order valence-electron chi connectivity index (χ3n) is 1.92. The molecule has 16 heavy (non-hydrogen) atoms. The van der Waals surface area contributed by atoms with Gasteiger partial charge in [-0.1, -0.05) is 12.1 Å². The molecule has 0 saturated carbocycles. The first-order valence-electron chi connectivity index (χ1n) is 4.66. The van der Waals surface area contributed by atoms with E-state index in [0.29, 0.717) is 12.5 Å². The second-order valence-corrected chi connectivity index (χ2v) is 5.15. The minimum absolute atomic E-state index is 0.450. The summed E-state index contributed by atoms with van der Waals surface area (Å²) in [6.07, 6.45) is 0. The maximum Gasteiger partial charge on any atom is 0.140 e. The zero-order valence-electron chi connectivity index (χ0n) is 8.32. The van der Waals surface area contributed by atoms with E-state index in [1.807, 2.05) is 29.6 Å². The smallest absolute Gasteiger partial charge is 0.140 e. The third-order valence-corrected chi connectivity index (χ3v) is 3.72. The van der Waals surface area contributed by atoms with E-state index in [2.05, 4.69) is 20.9 Å². The maximum atomic E-state index is 5.68. The van der Waals surface area contributed by atoms with Crippen LogP contribution in [0.25, 0.3) is 0 Å². The number of thiazole rings is 1. The third kappa shape index (κ3) is 2.97. The van der Waals surface area contributed by atoms with Crippen molar-refractivity contribution in [2.24, 2.45) is 0 Å². The molecule has 0 unspecified atom stereocenters. The molecule has 0 aliphatic heterocycles. The molecule has 0 bridgehead atoms. The predicted octanol–water partition coefficient (Wildman–Crippen LogP) is 4.22. The molecule has 2 aromatic rings. The lowest BCUT2D eigenvalue weighted by molar-refractivity contribution is 0.303. The molecule has 0 N–H and O–H groups in total. The largest absolute Gasteiger partial charge is 0.485 e. The van der Waals surface area contributed by atoms with Gasteiger partial charge >= 0.3 is 0 Å². The molecule has 0 saturated heterocycles. The van der Waals surface area contributed by atoms with Crippen molar-refractivity contribution in [3.05, 3.63) is 44.8 Å². The number of para-hydroxylation sites is 1. The molecule has 0 spiro atoms. The highest BCUT2D eigenvalue weighted by molar-refractivity contribution is 9.10. The number of alkyl halides is 1. The first-order valence-corrected chi connectivity index (χ1v) is 6.87. The van der Waals surface area contributed by atoms with Crippen molar-refractivity contribution in [3.8, 4) is 5.75 Å². The average molecular weight is 319 g/mol. The summed E-state index contributed by atoms with van der Waals surface area (Å²) in [4.78, 5) is 4.32. The van der Waals surface area contributed by atoms with Crippen LogP contribution in [0.3, 0.4) is 0 Å². The van der Waals surface area contributed by atoms with Crippen molar-refractivity contribution >= 4 is 38.9 Å². The van der Waals surface area contributed by atoms with E-state index in [4.69, 9.17) is 16.3 Å². The molecule has 2 nitrogen and oxygen atoms in total. The van der Waals surface area contributed by atoms with E-state index in [9.17, 15) is 0 Å². The first-order chi connectivity index (χ1) is 7.79. The summed E-state index contributed by atoms with van der Waals surface area (Å²) in [7, 11) is 0. The molecule has 0 amide bonds. The van der Waals surface area contributed by atoms with Gasteiger partial charge in [0, 0.05) is 5.38 Å². The van der Waals surface area contributed by atoms with Gasteiger partial charge in [-0.3, -0.25) is 0 Å². The lowest BCUT2D eigenvalue weighted by atomic mass is 10.3. The number of hydrogen-bond donors (Lipinski definition) is 0. The van der Waals surface area contributed by atoms with Crippen LogP contribution in [0.2, 0.25) is 0 Å². The molecule has 0 fully saturated rings.